The molecular formula is C16H27FN2O. The van der Waals surface area contributed by atoms with Crippen LogP contribution in [0.25, 0.3) is 0 Å². The minimum absolute atomic E-state index is 0.221. The SMILES string of the molecule is COc1ccc(CNCCN(C(C)C)C(C)C)c(F)c1. The maximum atomic E-state index is 13.7. The number of benzene rings is 1. The molecule has 0 radical (unpaired) electrons. The molecule has 1 aromatic rings. The zero-order valence-electron chi connectivity index (χ0n) is 13.2. The highest BCUT2D eigenvalue weighted by atomic mass is 19.1. The third-order valence-electron chi connectivity index (χ3n) is 3.45. The first-order chi connectivity index (χ1) is 9.45. The second kappa shape index (κ2) is 8.22. The highest BCUT2D eigenvalue weighted by molar-refractivity contribution is 5.28. The highest BCUT2D eigenvalue weighted by Gasteiger charge is 2.12. The number of nitrogens with zero attached hydrogens (tertiary/aromatic N) is 1. The van der Waals surface area contributed by atoms with Crippen LogP contribution in [-0.4, -0.2) is 37.2 Å². The molecule has 0 atom stereocenters. The molecule has 0 aliphatic carbocycles. The van der Waals surface area contributed by atoms with Crippen molar-refractivity contribution in [3.05, 3.63) is 29.6 Å². The maximum Gasteiger partial charge on any atom is 0.131 e. The monoisotopic (exact) mass is 282 g/mol. The van der Waals surface area contributed by atoms with Crippen molar-refractivity contribution in [2.24, 2.45) is 0 Å². The van der Waals surface area contributed by atoms with Crippen LogP contribution in [0.15, 0.2) is 18.2 Å². The second-order valence-corrected chi connectivity index (χ2v) is 5.56. The number of methoxy groups -OCH3 is 1. The van der Waals surface area contributed by atoms with Gasteiger partial charge in [0.25, 0.3) is 0 Å². The highest BCUT2D eigenvalue weighted by Crippen LogP contribution is 2.15. The van der Waals surface area contributed by atoms with E-state index in [4.69, 9.17) is 4.74 Å². The summed E-state index contributed by atoms with van der Waals surface area (Å²) in [6, 6.07) is 6.02. The van der Waals surface area contributed by atoms with Crippen molar-refractivity contribution in [2.75, 3.05) is 20.2 Å². The van der Waals surface area contributed by atoms with Gasteiger partial charge < -0.3 is 10.1 Å². The molecule has 0 aliphatic heterocycles. The fourth-order valence-electron chi connectivity index (χ4n) is 2.34. The van der Waals surface area contributed by atoms with E-state index in [0.29, 0.717) is 29.9 Å². The van der Waals surface area contributed by atoms with Crippen LogP contribution < -0.4 is 10.1 Å². The summed E-state index contributed by atoms with van der Waals surface area (Å²) in [6.45, 7) is 11.1. The standard InChI is InChI=1S/C16H27FN2O/c1-12(2)19(13(3)4)9-8-18-11-14-6-7-15(20-5)10-16(14)17/h6-7,10,12-13,18H,8-9,11H2,1-5H3. The molecule has 3 nitrogen and oxygen atoms in total. The fraction of sp³-hybridized carbons (Fsp3) is 0.625. The van der Waals surface area contributed by atoms with E-state index >= 15 is 0 Å². The van der Waals surface area contributed by atoms with Gasteiger partial charge in [-0.15, -0.1) is 0 Å². The third kappa shape index (κ3) is 5.10. The Hall–Kier alpha value is -1.13. The molecule has 1 rings (SSSR count). The first-order valence-corrected chi connectivity index (χ1v) is 7.24. The summed E-state index contributed by atoms with van der Waals surface area (Å²) in [5, 5.41) is 3.30. The minimum atomic E-state index is -0.221. The molecule has 0 amide bonds. The van der Waals surface area contributed by atoms with E-state index in [1.807, 2.05) is 0 Å². The molecule has 0 aromatic heterocycles. The largest absolute Gasteiger partial charge is 0.497 e. The van der Waals surface area contributed by atoms with Crippen molar-refractivity contribution in [2.45, 2.75) is 46.3 Å². The fourth-order valence-corrected chi connectivity index (χ4v) is 2.34. The number of ether oxygens (including phenoxy) is 1. The van der Waals surface area contributed by atoms with Crippen molar-refractivity contribution < 1.29 is 9.13 Å². The number of rotatable bonds is 8. The molecule has 0 aliphatic rings. The first-order valence-electron chi connectivity index (χ1n) is 7.24. The van der Waals surface area contributed by atoms with Gasteiger partial charge >= 0.3 is 0 Å². The summed E-state index contributed by atoms with van der Waals surface area (Å²) >= 11 is 0. The van der Waals surface area contributed by atoms with Crippen LogP contribution >= 0.6 is 0 Å². The Morgan fingerprint density at radius 2 is 1.85 bits per heavy atom. The summed E-state index contributed by atoms with van der Waals surface area (Å²) in [6.07, 6.45) is 0. The molecule has 1 aromatic carbocycles. The summed E-state index contributed by atoms with van der Waals surface area (Å²) in [5.74, 6) is 0.332. The lowest BCUT2D eigenvalue weighted by Gasteiger charge is -2.30. The van der Waals surface area contributed by atoms with Crippen LogP contribution in [0.2, 0.25) is 0 Å². The van der Waals surface area contributed by atoms with Gasteiger partial charge in [-0.2, -0.15) is 0 Å². The molecule has 0 fully saturated rings. The molecule has 0 bridgehead atoms. The van der Waals surface area contributed by atoms with Crippen molar-refractivity contribution in [3.8, 4) is 5.75 Å². The van der Waals surface area contributed by atoms with Gasteiger partial charge in [0.15, 0.2) is 0 Å². The number of hydrogen-bond acceptors (Lipinski definition) is 3. The van der Waals surface area contributed by atoms with Crippen molar-refractivity contribution in [1.29, 1.82) is 0 Å². The zero-order chi connectivity index (χ0) is 15.1. The van der Waals surface area contributed by atoms with Crippen molar-refractivity contribution >= 4 is 0 Å². The van der Waals surface area contributed by atoms with Crippen LogP contribution in [0.5, 0.6) is 5.75 Å². The van der Waals surface area contributed by atoms with E-state index in [-0.39, 0.29) is 5.82 Å². The Morgan fingerprint density at radius 1 is 1.20 bits per heavy atom. The Balaban J connectivity index is 2.41. The normalized spacial score (nSPS) is 11.7. The van der Waals surface area contributed by atoms with Crippen LogP contribution in [0.1, 0.15) is 33.3 Å². The Kier molecular flexibility index (Phi) is 6.96. The third-order valence-corrected chi connectivity index (χ3v) is 3.45. The van der Waals surface area contributed by atoms with Gasteiger partial charge in [0.1, 0.15) is 11.6 Å². The molecule has 20 heavy (non-hydrogen) atoms. The molecule has 1 N–H and O–H groups in total. The number of hydrogen-bond donors (Lipinski definition) is 1. The average Bonchev–Trinajstić information content (AvgIpc) is 2.39. The molecule has 114 valence electrons. The van der Waals surface area contributed by atoms with E-state index in [1.165, 1.54) is 6.07 Å². The summed E-state index contributed by atoms with van der Waals surface area (Å²) in [4.78, 5) is 2.41. The number of nitrogens with one attached hydrogen (secondary N) is 1. The molecule has 0 saturated carbocycles. The Morgan fingerprint density at radius 3 is 2.35 bits per heavy atom. The van der Waals surface area contributed by atoms with Gasteiger partial charge in [0.2, 0.25) is 0 Å². The summed E-state index contributed by atoms with van der Waals surface area (Å²) in [7, 11) is 1.54. The maximum absolute atomic E-state index is 13.7. The second-order valence-electron chi connectivity index (χ2n) is 5.56. The van der Waals surface area contributed by atoms with Gasteiger partial charge in [-0.3, -0.25) is 4.90 Å². The molecule has 0 saturated heterocycles. The van der Waals surface area contributed by atoms with E-state index in [1.54, 1.807) is 19.2 Å². The topological polar surface area (TPSA) is 24.5 Å². The van der Waals surface area contributed by atoms with E-state index in [0.717, 1.165) is 13.1 Å². The smallest absolute Gasteiger partial charge is 0.131 e. The lowest BCUT2D eigenvalue weighted by molar-refractivity contribution is 0.175. The van der Waals surface area contributed by atoms with Crippen molar-refractivity contribution in [3.63, 3.8) is 0 Å². The predicted octanol–water partition coefficient (Wildman–Crippen LogP) is 3.04. The van der Waals surface area contributed by atoms with Crippen LogP contribution in [-0.2, 0) is 6.54 Å². The van der Waals surface area contributed by atoms with E-state index < -0.39 is 0 Å². The molecular weight excluding hydrogens is 255 g/mol. The minimum Gasteiger partial charge on any atom is -0.497 e. The van der Waals surface area contributed by atoms with E-state index in [9.17, 15) is 4.39 Å². The van der Waals surface area contributed by atoms with Gasteiger partial charge in [-0.25, -0.2) is 4.39 Å². The van der Waals surface area contributed by atoms with Gasteiger partial charge in [-0.05, 0) is 33.8 Å². The Bertz CT molecular complexity index is 399. The van der Waals surface area contributed by atoms with Gasteiger partial charge in [-0.1, -0.05) is 6.07 Å². The molecule has 0 spiro atoms. The van der Waals surface area contributed by atoms with Crippen molar-refractivity contribution in [1.82, 2.24) is 10.2 Å². The summed E-state index contributed by atoms with van der Waals surface area (Å²) in [5.41, 5.74) is 0.673. The number of halogens is 1. The molecule has 0 heterocycles. The predicted molar refractivity (Wildman–Crippen MR) is 81.6 cm³/mol. The molecule has 0 unspecified atom stereocenters. The summed E-state index contributed by atoms with van der Waals surface area (Å²) < 4.78 is 18.7. The first kappa shape index (κ1) is 16.9. The molecule has 4 heteroatoms. The average molecular weight is 282 g/mol. The van der Waals surface area contributed by atoms with Crippen LogP contribution in [0.4, 0.5) is 4.39 Å². The Labute approximate surface area is 122 Å². The van der Waals surface area contributed by atoms with Crippen LogP contribution in [0.3, 0.4) is 0 Å². The van der Waals surface area contributed by atoms with Gasteiger partial charge in [0, 0.05) is 43.3 Å². The lowest BCUT2D eigenvalue weighted by atomic mass is 10.2. The quantitative estimate of drug-likeness (QED) is 0.742. The van der Waals surface area contributed by atoms with E-state index in [2.05, 4.69) is 37.9 Å². The zero-order valence-corrected chi connectivity index (χ0v) is 13.2. The van der Waals surface area contributed by atoms with Gasteiger partial charge in [0.05, 0.1) is 7.11 Å². The lowest BCUT2D eigenvalue weighted by Crippen LogP contribution is -2.41. The van der Waals surface area contributed by atoms with Crippen LogP contribution in [0, 0.1) is 5.82 Å².